The molecule has 0 saturated carbocycles. The lowest BCUT2D eigenvalue weighted by Gasteiger charge is -2.10. The van der Waals surface area contributed by atoms with Crippen LogP contribution in [0.1, 0.15) is 24.2 Å². The van der Waals surface area contributed by atoms with E-state index in [4.69, 9.17) is 0 Å². The molecule has 114 valence electrons. The second-order valence-corrected chi connectivity index (χ2v) is 4.64. The van der Waals surface area contributed by atoms with Crippen LogP contribution in [0.25, 0.3) is 0 Å². The molecule has 0 aromatic heterocycles. The van der Waals surface area contributed by atoms with E-state index in [1.54, 1.807) is 20.9 Å². The Morgan fingerprint density at radius 2 is 2.00 bits per heavy atom. The predicted octanol–water partition coefficient (Wildman–Crippen LogP) is 0.891. The van der Waals surface area contributed by atoms with Crippen molar-refractivity contribution in [2.75, 3.05) is 18.9 Å². The number of anilines is 1. The van der Waals surface area contributed by atoms with Gasteiger partial charge in [-0.15, -0.1) is 0 Å². The number of nitrogens with one attached hydrogen (secondary N) is 3. The smallest absolute Gasteiger partial charge is 0.282 e. The Morgan fingerprint density at radius 3 is 2.52 bits per heavy atom. The van der Waals surface area contributed by atoms with Crippen LogP contribution in [0, 0.1) is 10.1 Å². The zero-order valence-corrected chi connectivity index (χ0v) is 12.1. The molecule has 1 rings (SSSR count). The van der Waals surface area contributed by atoms with E-state index in [1.807, 2.05) is 0 Å². The highest BCUT2D eigenvalue weighted by atomic mass is 16.6. The van der Waals surface area contributed by atoms with E-state index in [9.17, 15) is 19.7 Å². The van der Waals surface area contributed by atoms with E-state index in [1.165, 1.54) is 18.2 Å². The monoisotopic (exact) mass is 294 g/mol. The van der Waals surface area contributed by atoms with Gasteiger partial charge >= 0.3 is 0 Å². The Morgan fingerprint density at radius 1 is 1.33 bits per heavy atom. The quantitative estimate of drug-likeness (QED) is 0.532. The average molecular weight is 294 g/mol. The highest BCUT2D eigenvalue weighted by molar-refractivity contribution is 6.00. The Balaban J connectivity index is 2.85. The summed E-state index contributed by atoms with van der Waals surface area (Å²) in [5.74, 6) is -1.02. The summed E-state index contributed by atoms with van der Waals surface area (Å²) in [6.07, 6.45) is 0. The van der Waals surface area contributed by atoms with Crippen LogP contribution in [0.5, 0.6) is 0 Å². The van der Waals surface area contributed by atoms with Crippen LogP contribution in [0.4, 0.5) is 11.4 Å². The number of nitro groups is 1. The number of nitro benzene ring substituents is 1. The van der Waals surface area contributed by atoms with E-state index in [0.29, 0.717) is 5.69 Å². The van der Waals surface area contributed by atoms with Crippen molar-refractivity contribution in [2.45, 2.75) is 19.9 Å². The van der Waals surface area contributed by atoms with Gasteiger partial charge in [-0.25, -0.2) is 0 Å². The summed E-state index contributed by atoms with van der Waals surface area (Å²) in [7, 11) is 1.64. The number of carbonyl (C=O) groups is 2. The summed E-state index contributed by atoms with van der Waals surface area (Å²) in [5, 5.41) is 18.7. The zero-order valence-electron chi connectivity index (χ0n) is 12.1. The Hall–Kier alpha value is -2.64. The molecule has 0 heterocycles. The van der Waals surface area contributed by atoms with Gasteiger partial charge in [0, 0.05) is 24.8 Å². The molecule has 0 atom stereocenters. The largest absolute Gasteiger partial charge is 0.388 e. The normalized spacial score (nSPS) is 10.1. The Bertz CT molecular complexity index is 557. The summed E-state index contributed by atoms with van der Waals surface area (Å²) < 4.78 is 0. The molecule has 1 aromatic rings. The zero-order chi connectivity index (χ0) is 16.0. The van der Waals surface area contributed by atoms with Crippen molar-refractivity contribution in [3.63, 3.8) is 0 Å². The third kappa shape index (κ3) is 4.75. The molecule has 0 aliphatic carbocycles. The molecule has 0 spiro atoms. The highest BCUT2D eigenvalue weighted by Crippen LogP contribution is 2.22. The minimum atomic E-state index is -0.669. The molecular weight excluding hydrogens is 276 g/mol. The van der Waals surface area contributed by atoms with Crippen molar-refractivity contribution >= 4 is 23.2 Å². The van der Waals surface area contributed by atoms with E-state index in [-0.39, 0.29) is 29.7 Å². The van der Waals surface area contributed by atoms with Gasteiger partial charge in [-0.2, -0.15) is 0 Å². The number of nitrogens with zero attached hydrogens (tertiary/aromatic N) is 1. The summed E-state index contributed by atoms with van der Waals surface area (Å²) in [5.41, 5.74) is 0.164. The number of hydrogen-bond acceptors (Lipinski definition) is 5. The van der Waals surface area contributed by atoms with E-state index in [2.05, 4.69) is 16.0 Å². The molecule has 8 heteroatoms. The first-order chi connectivity index (χ1) is 9.85. The number of carbonyl (C=O) groups excluding carboxylic acids is 2. The molecule has 1 aromatic carbocycles. The summed E-state index contributed by atoms with van der Waals surface area (Å²) in [4.78, 5) is 33.8. The molecule has 2 amide bonds. The average Bonchev–Trinajstić information content (AvgIpc) is 2.43. The van der Waals surface area contributed by atoms with Gasteiger partial charge in [0.05, 0.1) is 11.5 Å². The van der Waals surface area contributed by atoms with Crippen molar-refractivity contribution in [1.29, 1.82) is 0 Å². The van der Waals surface area contributed by atoms with Crippen molar-refractivity contribution in [3.05, 3.63) is 33.9 Å². The highest BCUT2D eigenvalue weighted by Gasteiger charge is 2.21. The first-order valence-electron chi connectivity index (χ1n) is 6.39. The van der Waals surface area contributed by atoms with Gasteiger partial charge in [0.1, 0.15) is 5.56 Å². The molecule has 0 aliphatic rings. The van der Waals surface area contributed by atoms with Crippen molar-refractivity contribution < 1.29 is 14.5 Å². The molecule has 8 nitrogen and oxygen atoms in total. The van der Waals surface area contributed by atoms with Gasteiger partial charge in [-0.3, -0.25) is 19.7 Å². The van der Waals surface area contributed by atoms with Crippen LogP contribution in [0.2, 0.25) is 0 Å². The fraction of sp³-hybridized carbons (Fsp3) is 0.385. The molecule has 0 unspecified atom stereocenters. The maximum Gasteiger partial charge on any atom is 0.282 e. The molecule has 0 bridgehead atoms. The van der Waals surface area contributed by atoms with Crippen LogP contribution >= 0.6 is 0 Å². The second-order valence-electron chi connectivity index (χ2n) is 4.64. The van der Waals surface area contributed by atoms with Crippen LogP contribution in [-0.2, 0) is 4.79 Å². The summed E-state index contributed by atoms with van der Waals surface area (Å²) >= 11 is 0. The van der Waals surface area contributed by atoms with E-state index in [0.717, 1.165) is 0 Å². The predicted molar refractivity (Wildman–Crippen MR) is 78.3 cm³/mol. The first-order valence-corrected chi connectivity index (χ1v) is 6.39. The van der Waals surface area contributed by atoms with Crippen molar-refractivity contribution in [1.82, 2.24) is 10.6 Å². The molecule has 3 N–H and O–H groups in total. The van der Waals surface area contributed by atoms with Crippen molar-refractivity contribution in [3.8, 4) is 0 Å². The maximum absolute atomic E-state index is 12.0. The fourth-order valence-electron chi connectivity index (χ4n) is 1.66. The SMILES string of the molecule is CNc1ccc([N+](=O)[O-])c(C(=O)NCC(=O)NC(C)C)c1. The number of amides is 2. The number of rotatable bonds is 6. The fourth-order valence-corrected chi connectivity index (χ4v) is 1.66. The lowest BCUT2D eigenvalue weighted by molar-refractivity contribution is -0.385. The number of benzene rings is 1. The van der Waals surface area contributed by atoms with Crippen LogP contribution < -0.4 is 16.0 Å². The third-order valence-corrected chi connectivity index (χ3v) is 2.59. The minimum Gasteiger partial charge on any atom is -0.388 e. The van der Waals surface area contributed by atoms with Gasteiger partial charge in [0.25, 0.3) is 11.6 Å². The van der Waals surface area contributed by atoms with E-state index < -0.39 is 10.8 Å². The summed E-state index contributed by atoms with van der Waals surface area (Å²) in [6, 6.07) is 4.07. The lowest BCUT2D eigenvalue weighted by Crippen LogP contribution is -2.39. The van der Waals surface area contributed by atoms with Crippen molar-refractivity contribution in [2.24, 2.45) is 0 Å². The molecule has 0 radical (unpaired) electrons. The molecule has 0 fully saturated rings. The standard InChI is InChI=1S/C13H18N4O4/c1-8(2)16-12(18)7-15-13(19)10-6-9(14-3)4-5-11(10)17(20)21/h4-6,8,14H,7H2,1-3H3,(H,15,19)(H,16,18). The van der Waals surface area contributed by atoms with Gasteiger partial charge in [0.15, 0.2) is 0 Å². The van der Waals surface area contributed by atoms with Crippen LogP contribution in [0.3, 0.4) is 0 Å². The molecule has 0 saturated heterocycles. The Kier molecular flexibility index (Phi) is 5.65. The van der Waals surface area contributed by atoms with Gasteiger partial charge in [-0.05, 0) is 26.0 Å². The van der Waals surface area contributed by atoms with Crippen LogP contribution in [-0.4, -0.2) is 36.4 Å². The van der Waals surface area contributed by atoms with Gasteiger partial charge in [0.2, 0.25) is 5.91 Å². The molecular formula is C13H18N4O4. The Labute approximate surface area is 122 Å². The van der Waals surface area contributed by atoms with E-state index >= 15 is 0 Å². The van der Waals surface area contributed by atoms with Gasteiger partial charge < -0.3 is 16.0 Å². The third-order valence-electron chi connectivity index (χ3n) is 2.59. The topological polar surface area (TPSA) is 113 Å². The first kappa shape index (κ1) is 16.4. The number of hydrogen-bond donors (Lipinski definition) is 3. The second kappa shape index (κ2) is 7.22. The minimum absolute atomic E-state index is 0.0450. The summed E-state index contributed by atoms with van der Waals surface area (Å²) in [6.45, 7) is 3.35. The molecule has 0 aliphatic heterocycles. The maximum atomic E-state index is 12.0. The molecule has 21 heavy (non-hydrogen) atoms. The lowest BCUT2D eigenvalue weighted by atomic mass is 10.1. The van der Waals surface area contributed by atoms with Crippen LogP contribution in [0.15, 0.2) is 18.2 Å². The van der Waals surface area contributed by atoms with Gasteiger partial charge in [-0.1, -0.05) is 0 Å².